The van der Waals surface area contributed by atoms with Gasteiger partial charge < -0.3 is 15.1 Å². The predicted molar refractivity (Wildman–Crippen MR) is 66.9 cm³/mol. The Morgan fingerprint density at radius 1 is 1.29 bits per heavy atom. The maximum Gasteiger partial charge on any atom is 0.304 e. The van der Waals surface area contributed by atoms with Crippen LogP contribution in [0.4, 0.5) is 0 Å². The van der Waals surface area contributed by atoms with Gasteiger partial charge in [-0.15, -0.1) is 0 Å². The summed E-state index contributed by atoms with van der Waals surface area (Å²) in [5.41, 5.74) is 1.49. The molecule has 1 aliphatic carbocycles. The molecule has 4 nitrogen and oxygen atoms in total. The van der Waals surface area contributed by atoms with Gasteiger partial charge in [-0.1, -0.05) is 11.6 Å². The van der Waals surface area contributed by atoms with E-state index in [1.54, 1.807) is 0 Å². The zero-order chi connectivity index (χ0) is 12.5. The standard InChI is InChI=1S/C13H23NO3/c15-11-10-14(9-7-13(16)17)8-6-12-4-2-1-3-5-12/h4,15H,1-3,5-11H2,(H,16,17). The van der Waals surface area contributed by atoms with Gasteiger partial charge in [0.05, 0.1) is 13.0 Å². The number of rotatable bonds is 8. The molecule has 17 heavy (non-hydrogen) atoms. The fourth-order valence-corrected chi connectivity index (χ4v) is 2.16. The summed E-state index contributed by atoms with van der Waals surface area (Å²) in [7, 11) is 0. The molecule has 0 unspecified atom stereocenters. The van der Waals surface area contributed by atoms with E-state index in [-0.39, 0.29) is 13.0 Å². The van der Waals surface area contributed by atoms with E-state index >= 15 is 0 Å². The highest BCUT2D eigenvalue weighted by molar-refractivity contribution is 5.66. The summed E-state index contributed by atoms with van der Waals surface area (Å²) in [5.74, 6) is -0.773. The molecule has 0 bridgehead atoms. The molecular formula is C13H23NO3. The van der Waals surface area contributed by atoms with Crippen molar-refractivity contribution >= 4 is 5.97 Å². The normalized spacial score (nSPS) is 16.0. The predicted octanol–water partition coefficient (Wildman–Crippen LogP) is 1.65. The highest BCUT2D eigenvalue weighted by Gasteiger charge is 2.09. The van der Waals surface area contributed by atoms with E-state index in [4.69, 9.17) is 10.2 Å². The third-order valence-electron chi connectivity index (χ3n) is 3.19. The second-order valence-electron chi connectivity index (χ2n) is 4.57. The Kier molecular flexibility index (Phi) is 6.89. The Labute approximate surface area is 103 Å². The molecule has 0 amide bonds. The average molecular weight is 241 g/mol. The Hall–Kier alpha value is -0.870. The molecule has 0 aliphatic heterocycles. The number of allylic oxidation sites excluding steroid dienone is 1. The van der Waals surface area contributed by atoms with Crippen molar-refractivity contribution in [2.75, 3.05) is 26.2 Å². The van der Waals surface area contributed by atoms with Crippen molar-refractivity contribution in [2.45, 2.75) is 38.5 Å². The van der Waals surface area contributed by atoms with E-state index in [2.05, 4.69) is 6.08 Å². The monoisotopic (exact) mass is 241 g/mol. The number of aliphatic hydroxyl groups excluding tert-OH is 1. The van der Waals surface area contributed by atoms with Gasteiger partial charge in [-0.2, -0.15) is 0 Å². The first kappa shape index (κ1) is 14.2. The lowest BCUT2D eigenvalue weighted by molar-refractivity contribution is -0.137. The van der Waals surface area contributed by atoms with Crippen molar-refractivity contribution in [3.63, 3.8) is 0 Å². The van der Waals surface area contributed by atoms with Crippen LogP contribution in [0.15, 0.2) is 11.6 Å². The smallest absolute Gasteiger partial charge is 0.304 e. The van der Waals surface area contributed by atoms with Gasteiger partial charge in [0.25, 0.3) is 0 Å². The highest BCUT2D eigenvalue weighted by atomic mass is 16.4. The second kappa shape index (κ2) is 8.25. The maximum atomic E-state index is 10.5. The molecule has 0 aromatic heterocycles. The summed E-state index contributed by atoms with van der Waals surface area (Å²) in [6, 6.07) is 0. The highest BCUT2D eigenvalue weighted by Crippen LogP contribution is 2.20. The summed E-state index contributed by atoms with van der Waals surface area (Å²) in [5, 5.41) is 17.6. The van der Waals surface area contributed by atoms with Crippen LogP contribution in [0.2, 0.25) is 0 Å². The zero-order valence-electron chi connectivity index (χ0n) is 10.4. The van der Waals surface area contributed by atoms with E-state index < -0.39 is 5.97 Å². The minimum Gasteiger partial charge on any atom is -0.481 e. The van der Waals surface area contributed by atoms with Crippen molar-refractivity contribution in [2.24, 2.45) is 0 Å². The van der Waals surface area contributed by atoms with Gasteiger partial charge in [-0.25, -0.2) is 0 Å². The largest absolute Gasteiger partial charge is 0.481 e. The van der Waals surface area contributed by atoms with Crippen LogP contribution in [0, 0.1) is 0 Å². The number of hydrogen-bond donors (Lipinski definition) is 2. The van der Waals surface area contributed by atoms with Crippen molar-refractivity contribution in [3.05, 3.63) is 11.6 Å². The zero-order valence-corrected chi connectivity index (χ0v) is 10.4. The summed E-state index contributed by atoms with van der Waals surface area (Å²) in [6.45, 7) is 2.06. The molecule has 0 aromatic rings. The van der Waals surface area contributed by atoms with Gasteiger partial charge in [0.15, 0.2) is 0 Å². The number of carboxylic acid groups (broad SMARTS) is 1. The Morgan fingerprint density at radius 3 is 2.71 bits per heavy atom. The molecule has 1 aliphatic rings. The Balaban J connectivity index is 2.27. The molecule has 0 fully saturated rings. The lowest BCUT2D eigenvalue weighted by Crippen LogP contribution is -2.30. The molecule has 98 valence electrons. The van der Waals surface area contributed by atoms with Crippen LogP contribution in [0.25, 0.3) is 0 Å². The minimum atomic E-state index is -0.773. The molecule has 0 atom stereocenters. The van der Waals surface area contributed by atoms with Gasteiger partial charge in [0.2, 0.25) is 0 Å². The van der Waals surface area contributed by atoms with Crippen molar-refractivity contribution in [1.82, 2.24) is 4.90 Å². The lowest BCUT2D eigenvalue weighted by atomic mass is 9.97. The van der Waals surface area contributed by atoms with Crippen LogP contribution in [0.1, 0.15) is 38.5 Å². The number of hydrogen-bond acceptors (Lipinski definition) is 3. The van der Waals surface area contributed by atoms with Crippen molar-refractivity contribution in [3.8, 4) is 0 Å². The molecular weight excluding hydrogens is 218 g/mol. The summed E-state index contributed by atoms with van der Waals surface area (Å²) >= 11 is 0. The number of aliphatic carboxylic acids is 1. The van der Waals surface area contributed by atoms with Gasteiger partial charge in [0, 0.05) is 19.6 Å². The maximum absolute atomic E-state index is 10.5. The number of carbonyl (C=O) groups is 1. The molecule has 4 heteroatoms. The van der Waals surface area contributed by atoms with Gasteiger partial charge in [-0.3, -0.25) is 4.79 Å². The number of nitrogens with zero attached hydrogens (tertiary/aromatic N) is 1. The first-order valence-electron chi connectivity index (χ1n) is 6.45. The summed E-state index contributed by atoms with van der Waals surface area (Å²) in [4.78, 5) is 12.5. The molecule has 0 aromatic carbocycles. The number of aliphatic hydroxyl groups is 1. The minimum absolute atomic E-state index is 0.0959. The molecule has 0 spiro atoms. The fourth-order valence-electron chi connectivity index (χ4n) is 2.16. The van der Waals surface area contributed by atoms with E-state index in [0.29, 0.717) is 13.1 Å². The van der Waals surface area contributed by atoms with E-state index in [0.717, 1.165) is 13.0 Å². The first-order chi connectivity index (χ1) is 8.22. The van der Waals surface area contributed by atoms with Crippen LogP contribution in [-0.2, 0) is 4.79 Å². The molecule has 1 rings (SSSR count). The topological polar surface area (TPSA) is 60.8 Å². The molecule has 0 saturated heterocycles. The van der Waals surface area contributed by atoms with E-state index in [1.165, 1.54) is 31.3 Å². The second-order valence-corrected chi connectivity index (χ2v) is 4.57. The van der Waals surface area contributed by atoms with Crippen LogP contribution < -0.4 is 0 Å². The van der Waals surface area contributed by atoms with Crippen LogP contribution in [0.3, 0.4) is 0 Å². The van der Waals surface area contributed by atoms with Crippen molar-refractivity contribution < 1.29 is 15.0 Å². The Bertz CT molecular complexity index is 263. The third-order valence-corrected chi connectivity index (χ3v) is 3.19. The summed E-state index contributed by atoms with van der Waals surface area (Å²) < 4.78 is 0. The first-order valence-corrected chi connectivity index (χ1v) is 6.45. The number of carboxylic acids is 1. The van der Waals surface area contributed by atoms with Gasteiger partial charge in [-0.05, 0) is 32.1 Å². The molecule has 0 saturated carbocycles. The molecule has 0 heterocycles. The SMILES string of the molecule is O=C(O)CCN(CCO)CCC1=CCCCC1. The quantitative estimate of drug-likeness (QED) is 0.634. The van der Waals surface area contributed by atoms with Gasteiger partial charge >= 0.3 is 5.97 Å². The Morgan fingerprint density at radius 2 is 2.12 bits per heavy atom. The van der Waals surface area contributed by atoms with Gasteiger partial charge in [0.1, 0.15) is 0 Å². The van der Waals surface area contributed by atoms with E-state index in [1.807, 2.05) is 4.90 Å². The lowest BCUT2D eigenvalue weighted by Gasteiger charge is -2.22. The molecule has 0 radical (unpaired) electrons. The van der Waals surface area contributed by atoms with Crippen LogP contribution in [-0.4, -0.2) is 47.3 Å². The third kappa shape index (κ3) is 6.44. The van der Waals surface area contributed by atoms with Crippen LogP contribution in [0.5, 0.6) is 0 Å². The van der Waals surface area contributed by atoms with Crippen molar-refractivity contribution in [1.29, 1.82) is 0 Å². The fraction of sp³-hybridized carbons (Fsp3) is 0.769. The molecule has 2 N–H and O–H groups in total. The van der Waals surface area contributed by atoms with Crippen LogP contribution >= 0.6 is 0 Å². The van der Waals surface area contributed by atoms with E-state index in [9.17, 15) is 4.79 Å². The average Bonchev–Trinajstić information content (AvgIpc) is 2.34. The summed E-state index contributed by atoms with van der Waals surface area (Å²) in [6.07, 6.45) is 8.43.